The van der Waals surface area contributed by atoms with Crippen LogP contribution in [0.3, 0.4) is 0 Å². The fraction of sp³-hybridized carbons (Fsp3) is 1.00. The van der Waals surface area contributed by atoms with Crippen LogP contribution in [0.1, 0.15) is 19.3 Å². The zero-order valence-electron chi connectivity index (χ0n) is 7.40. The van der Waals surface area contributed by atoms with Crippen LogP contribution in [-0.2, 0) is 0 Å². The van der Waals surface area contributed by atoms with Gasteiger partial charge in [0.2, 0.25) is 0 Å². The van der Waals surface area contributed by atoms with Crippen molar-refractivity contribution in [2.75, 3.05) is 13.1 Å². The van der Waals surface area contributed by atoms with E-state index in [9.17, 15) is 13.2 Å². The molecule has 0 spiro atoms. The molecule has 0 bridgehead atoms. The molecular formula is C8H15F3N2. The third-order valence-electron chi connectivity index (χ3n) is 2.53. The predicted molar refractivity (Wildman–Crippen MR) is 44.2 cm³/mol. The first-order valence-corrected chi connectivity index (χ1v) is 4.53. The van der Waals surface area contributed by atoms with Crippen molar-refractivity contribution in [2.24, 2.45) is 11.7 Å². The van der Waals surface area contributed by atoms with E-state index in [0.29, 0.717) is 6.54 Å². The average molecular weight is 196 g/mol. The van der Waals surface area contributed by atoms with Gasteiger partial charge in [-0.2, -0.15) is 13.2 Å². The molecule has 2 atom stereocenters. The van der Waals surface area contributed by atoms with Gasteiger partial charge >= 0.3 is 6.18 Å². The molecule has 0 aliphatic heterocycles. The Labute approximate surface area is 75.7 Å². The van der Waals surface area contributed by atoms with Crippen LogP contribution in [0.25, 0.3) is 0 Å². The largest absolute Gasteiger partial charge is 0.401 e. The van der Waals surface area contributed by atoms with Gasteiger partial charge in [0.15, 0.2) is 0 Å². The molecule has 5 heteroatoms. The minimum Gasteiger partial charge on any atom is -0.330 e. The maximum Gasteiger partial charge on any atom is 0.401 e. The molecule has 0 aromatic rings. The van der Waals surface area contributed by atoms with Crippen molar-refractivity contribution in [3.8, 4) is 0 Å². The van der Waals surface area contributed by atoms with E-state index < -0.39 is 12.7 Å². The summed E-state index contributed by atoms with van der Waals surface area (Å²) in [5.41, 5.74) is 5.44. The van der Waals surface area contributed by atoms with Crippen LogP contribution in [0.2, 0.25) is 0 Å². The van der Waals surface area contributed by atoms with E-state index in [1.54, 1.807) is 0 Å². The second-order valence-corrected chi connectivity index (χ2v) is 3.53. The molecule has 2 nitrogen and oxygen atoms in total. The molecule has 1 rings (SSSR count). The van der Waals surface area contributed by atoms with Crippen molar-refractivity contribution >= 4 is 0 Å². The topological polar surface area (TPSA) is 38.0 Å². The van der Waals surface area contributed by atoms with E-state index in [4.69, 9.17) is 5.73 Å². The van der Waals surface area contributed by atoms with Crippen LogP contribution in [-0.4, -0.2) is 25.3 Å². The third-order valence-corrected chi connectivity index (χ3v) is 2.53. The van der Waals surface area contributed by atoms with Crippen LogP contribution < -0.4 is 11.1 Å². The Kier molecular flexibility index (Phi) is 3.55. The van der Waals surface area contributed by atoms with Gasteiger partial charge in [0, 0.05) is 6.04 Å². The molecule has 13 heavy (non-hydrogen) atoms. The van der Waals surface area contributed by atoms with Crippen LogP contribution in [0.4, 0.5) is 13.2 Å². The molecule has 78 valence electrons. The summed E-state index contributed by atoms with van der Waals surface area (Å²) in [6.07, 6.45) is -1.36. The number of nitrogens with one attached hydrogen (secondary N) is 1. The van der Waals surface area contributed by atoms with Gasteiger partial charge < -0.3 is 11.1 Å². The normalized spacial score (nSPS) is 29.5. The smallest absolute Gasteiger partial charge is 0.330 e. The molecule has 2 unspecified atom stereocenters. The van der Waals surface area contributed by atoms with Crippen LogP contribution >= 0.6 is 0 Å². The highest BCUT2D eigenvalue weighted by molar-refractivity contribution is 4.84. The summed E-state index contributed by atoms with van der Waals surface area (Å²) in [7, 11) is 0. The Hall–Kier alpha value is -0.290. The molecule has 0 aromatic heterocycles. The Morgan fingerprint density at radius 1 is 1.31 bits per heavy atom. The summed E-state index contributed by atoms with van der Waals surface area (Å²) in [4.78, 5) is 0. The molecule has 0 saturated heterocycles. The molecule has 1 aliphatic carbocycles. The molecule has 0 aromatic carbocycles. The molecule has 3 N–H and O–H groups in total. The van der Waals surface area contributed by atoms with Crippen molar-refractivity contribution in [1.82, 2.24) is 5.32 Å². The molecule has 1 fully saturated rings. The number of halogens is 3. The summed E-state index contributed by atoms with van der Waals surface area (Å²) in [5.74, 6) is 0.224. The van der Waals surface area contributed by atoms with Crippen LogP contribution in [0.15, 0.2) is 0 Å². The molecule has 1 aliphatic rings. The van der Waals surface area contributed by atoms with E-state index in [0.717, 1.165) is 19.3 Å². The minimum atomic E-state index is -4.11. The van der Waals surface area contributed by atoms with Crippen LogP contribution in [0, 0.1) is 5.92 Å². The number of nitrogens with two attached hydrogens (primary N) is 1. The van der Waals surface area contributed by atoms with Gasteiger partial charge in [-0.05, 0) is 25.3 Å². The first-order chi connectivity index (χ1) is 6.03. The quantitative estimate of drug-likeness (QED) is 0.713. The fourth-order valence-electron chi connectivity index (χ4n) is 1.83. The van der Waals surface area contributed by atoms with Gasteiger partial charge in [-0.1, -0.05) is 6.42 Å². The predicted octanol–water partition coefficient (Wildman–Crippen LogP) is 1.27. The first-order valence-electron chi connectivity index (χ1n) is 4.53. The Balaban J connectivity index is 2.28. The molecule has 0 radical (unpaired) electrons. The SMILES string of the molecule is NCC1CCCC1NCC(F)(F)F. The summed E-state index contributed by atoms with van der Waals surface area (Å²) < 4.78 is 35.5. The number of rotatable bonds is 3. The van der Waals surface area contributed by atoms with Gasteiger partial charge in [-0.15, -0.1) is 0 Å². The zero-order chi connectivity index (χ0) is 9.90. The summed E-state index contributed by atoms with van der Waals surface area (Å²) in [6, 6.07) is -0.0355. The van der Waals surface area contributed by atoms with Gasteiger partial charge in [0.05, 0.1) is 6.54 Å². The molecule has 0 heterocycles. The Bertz CT molecular complexity index is 158. The molecular weight excluding hydrogens is 181 g/mol. The van der Waals surface area contributed by atoms with E-state index in [2.05, 4.69) is 5.32 Å². The highest BCUT2D eigenvalue weighted by atomic mass is 19.4. The lowest BCUT2D eigenvalue weighted by Gasteiger charge is -2.20. The second-order valence-electron chi connectivity index (χ2n) is 3.53. The zero-order valence-corrected chi connectivity index (χ0v) is 7.40. The highest BCUT2D eigenvalue weighted by Gasteiger charge is 2.32. The van der Waals surface area contributed by atoms with Crippen molar-refractivity contribution in [2.45, 2.75) is 31.5 Å². The lowest BCUT2D eigenvalue weighted by molar-refractivity contribution is -0.126. The first kappa shape index (κ1) is 10.8. The monoisotopic (exact) mass is 196 g/mol. The maximum absolute atomic E-state index is 11.8. The van der Waals surface area contributed by atoms with Gasteiger partial charge in [-0.3, -0.25) is 0 Å². The van der Waals surface area contributed by atoms with E-state index in [1.807, 2.05) is 0 Å². The van der Waals surface area contributed by atoms with Crippen LogP contribution in [0.5, 0.6) is 0 Å². The fourth-order valence-corrected chi connectivity index (χ4v) is 1.83. The highest BCUT2D eigenvalue weighted by Crippen LogP contribution is 2.25. The second kappa shape index (κ2) is 4.28. The maximum atomic E-state index is 11.8. The van der Waals surface area contributed by atoms with Gasteiger partial charge in [-0.25, -0.2) is 0 Å². The average Bonchev–Trinajstić information content (AvgIpc) is 2.46. The third kappa shape index (κ3) is 3.52. The van der Waals surface area contributed by atoms with Crippen molar-refractivity contribution in [1.29, 1.82) is 0 Å². The number of hydrogen-bond donors (Lipinski definition) is 2. The lowest BCUT2D eigenvalue weighted by Crippen LogP contribution is -2.41. The van der Waals surface area contributed by atoms with Gasteiger partial charge in [0.25, 0.3) is 0 Å². The Morgan fingerprint density at radius 3 is 2.54 bits per heavy atom. The van der Waals surface area contributed by atoms with Gasteiger partial charge in [0.1, 0.15) is 0 Å². The number of alkyl halides is 3. The van der Waals surface area contributed by atoms with E-state index in [1.165, 1.54) is 0 Å². The van der Waals surface area contributed by atoms with Crippen molar-refractivity contribution < 1.29 is 13.2 Å². The summed E-state index contributed by atoms with van der Waals surface area (Å²) >= 11 is 0. The molecule has 1 saturated carbocycles. The standard InChI is InChI=1S/C8H15F3N2/c9-8(10,11)5-13-7-3-1-2-6(7)4-12/h6-7,13H,1-5,12H2. The Morgan fingerprint density at radius 2 is 2.00 bits per heavy atom. The summed E-state index contributed by atoms with van der Waals surface area (Å²) in [6.45, 7) is -0.413. The van der Waals surface area contributed by atoms with E-state index >= 15 is 0 Å². The molecule has 0 amide bonds. The lowest BCUT2D eigenvalue weighted by atomic mass is 10.0. The van der Waals surface area contributed by atoms with Crippen molar-refractivity contribution in [3.63, 3.8) is 0 Å². The summed E-state index contributed by atoms with van der Waals surface area (Å²) in [5, 5.41) is 2.52. The number of hydrogen-bond acceptors (Lipinski definition) is 2. The minimum absolute atomic E-state index is 0.0355. The van der Waals surface area contributed by atoms with E-state index in [-0.39, 0.29) is 12.0 Å². The van der Waals surface area contributed by atoms with Crippen molar-refractivity contribution in [3.05, 3.63) is 0 Å².